The Kier molecular flexibility index (Phi) is 3.12. The molecular weight excluding hydrogens is 366 g/mol. The summed E-state index contributed by atoms with van der Waals surface area (Å²) < 4.78 is 53.5. The number of rotatable bonds is 3. The highest BCUT2D eigenvalue weighted by Gasteiger charge is 2.18. The topological polar surface area (TPSA) is 26.0 Å². The summed E-state index contributed by atoms with van der Waals surface area (Å²) in [4.78, 5) is 4.39. The molecule has 30 heavy (non-hydrogen) atoms. The molecule has 0 saturated heterocycles. The van der Waals surface area contributed by atoms with Gasteiger partial charge in [-0.25, -0.2) is 0 Å². The minimum absolute atomic E-state index is 0.220. The molecule has 2 aromatic heterocycles. The highest BCUT2D eigenvalue weighted by molar-refractivity contribution is 6.00. The Hall–Kier alpha value is -3.65. The van der Waals surface area contributed by atoms with Gasteiger partial charge in [0.1, 0.15) is 11.3 Å². The van der Waals surface area contributed by atoms with E-state index in [-0.39, 0.29) is 11.1 Å². The number of aryl methyl sites for hydroxylation is 3. The zero-order valence-electron chi connectivity index (χ0n) is 22.4. The van der Waals surface area contributed by atoms with Crippen LogP contribution in [0.1, 0.15) is 24.9 Å². The van der Waals surface area contributed by atoms with Gasteiger partial charge in [0.25, 0.3) is 0 Å². The fourth-order valence-corrected chi connectivity index (χ4v) is 3.78. The van der Waals surface area contributed by atoms with Crippen LogP contribution in [0.3, 0.4) is 0 Å². The lowest BCUT2D eigenvalue weighted by Crippen LogP contribution is -1.90. The van der Waals surface area contributed by atoms with Crippen molar-refractivity contribution in [3.05, 3.63) is 102 Å². The fourth-order valence-electron chi connectivity index (χ4n) is 3.78. The quantitative estimate of drug-likeness (QED) is 0.312. The van der Waals surface area contributed by atoms with Crippen molar-refractivity contribution in [2.45, 2.75) is 20.6 Å². The molecule has 5 aromatic rings. The molecule has 2 heterocycles. The van der Waals surface area contributed by atoms with Gasteiger partial charge in [0, 0.05) is 42.1 Å². The smallest absolute Gasteiger partial charge is 0.142 e. The van der Waals surface area contributed by atoms with E-state index in [0.717, 1.165) is 45.2 Å². The Bertz CT molecular complexity index is 1550. The van der Waals surface area contributed by atoms with Crippen LogP contribution in [-0.2, 0) is 0 Å². The summed E-state index contributed by atoms with van der Waals surface area (Å²) in [5.74, 6) is 0.758. The molecule has 0 aliphatic rings. The van der Waals surface area contributed by atoms with Crippen LogP contribution >= 0.6 is 0 Å². The Morgan fingerprint density at radius 2 is 1.47 bits per heavy atom. The first-order valence-corrected chi connectivity index (χ1v) is 9.73. The number of furan rings is 1. The molecule has 5 rings (SSSR count). The van der Waals surface area contributed by atoms with Gasteiger partial charge in [0.2, 0.25) is 0 Å². The lowest BCUT2D eigenvalue weighted by Gasteiger charge is -2.09. The van der Waals surface area contributed by atoms with E-state index in [2.05, 4.69) is 4.98 Å². The maximum Gasteiger partial charge on any atom is 0.142 e. The predicted octanol–water partition coefficient (Wildman–Crippen LogP) is 7.75. The molecular formula is C28H23NO. The summed E-state index contributed by atoms with van der Waals surface area (Å²) >= 11 is 0. The average molecular weight is 396 g/mol. The maximum atomic E-state index is 7.93. The number of hydrogen-bond donors (Lipinski definition) is 0. The van der Waals surface area contributed by atoms with Crippen molar-refractivity contribution in [2.75, 3.05) is 0 Å². The van der Waals surface area contributed by atoms with Crippen molar-refractivity contribution >= 4 is 11.0 Å². The summed E-state index contributed by atoms with van der Waals surface area (Å²) in [5, 5.41) is 0.877. The Morgan fingerprint density at radius 3 is 2.17 bits per heavy atom. The third-order valence-electron chi connectivity index (χ3n) is 5.36. The Balaban J connectivity index is 1.79. The monoisotopic (exact) mass is 395 g/mol. The highest BCUT2D eigenvalue weighted by atomic mass is 16.3. The Labute approximate surface area is 185 Å². The fraction of sp³-hybridized carbons (Fsp3) is 0.107. The number of pyridine rings is 1. The van der Waals surface area contributed by atoms with Gasteiger partial charge in [-0.1, -0.05) is 60.7 Å². The molecule has 3 aromatic carbocycles. The van der Waals surface area contributed by atoms with Crippen molar-refractivity contribution in [1.29, 1.82) is 0 Å². The lowest BCUT2D eigenvalue weighted by atomic mass is 9.96. The molecule has 0 N–H and O–H groups in total. The molecule has 0 bridgehead atoms. The SMILES string of the molecule is [2H]C([2H])([2H])c1cnc(-c2cc(-c3ccccc3)c3oc(-c4ccccc4)c(C)c3c2)cc1C([2H])([2H])[2H]. The summed E-state index contributed by atoms with van der Waals surface area (Å²) in [7, 11) is 0. The van der Waals surface area contributed by atoms with Crippen molar-refractivity contribution < 1.29 is 12.6 Å². The van der Waals surface area contributed by atoms with Crippen LogP contribution in [0, 0.1) is 20.6 Å². The van der Waals surface area contributed by atoms with E-state index in [1.54, 1.807) is 0 Å². The molecule has 0 unspecified atom stereocenters. The van der Waals surface area contributed by atoms with E-state index in [0.29, 0.717) is 11.3 Å². The van der Waals surface area contributed by atoms with E-state index >= 15 is 0 Å². The molecule has 0 radical (unpaired) electrons. The molecule has 0 aliphatic carbocycles. The van der Waals surface area contributed by atoms with E-state index < -0.39 is 13.7 Å². The Morgan fingerprint density at radius 1 is 0.767 bits per heavy atom. The van der Waals surface area contributed by atoms with Crippen LogP contribution in [0.15, 0.2) is 89.5 Å². The summed E-state index contributed by atoms with van der Waals surface area (Å²) in [6.45, 7) is -3.19. The normalized spacial score (nSPS) is 15.0. The number of fused-ring (bicyclic) bond motifs is 1. The second kappa shape index (κ2) is 7.31. The molecule has 0 amide bonds. The van der Waals surface area contributed by atoms with E-state index in [1.807, 2.05) is 79.7 Å². The summed E-state index contributed by atoms with van der Waals surface area (Å²) in [5.41, 5.74) is 4.98. The number of nitrogens with zero attached hydrogens (tertiary/aromatic N) is 1. The first-order valence-electron chi connectivity index (χ1n) is 12.7. The van der Waals surface area contributed by atoms with Gasteiger partial charge in [0.15, 0.2) is 0 Å². The van der Waals surface area contributed by atoms with E-state index in [9.17, 15) is 0 Å². The molecule has 0 spiro atoms. The molecule has 146 valence electrons. The number of aromatic nitrogens is 1. The van der Waals surface area contributed by atoms with Crippen LogP contribution in [-0.4, -0.2) is 4.98 Å². The molecule has 0 saturated carbocycles. The number of benzene rings is 3. The largest absolute Gasteiger partial charge is 0.455 e. The van der Waals surface area contributed by atoms with Crippen LogP contribution in [0.25, 0.3) is 44.7 Å². The first kappa shape index (κ1) is 12.8. The molecule has 0 aliphatic heterocycles. The second-order valence-corrected chi connectivity index (χ2v) is 7.30. The van der Waals surface area contributed by atoms with Crippen LogP contribution in [0.2, 0.25) is 0 Å². The van der Waals surface area contributed by atoms with Gasteiger partial charge in [-0.3, -0.25) is 4.98 Å². The average Bonchev–Trinajstić information content (AvgIpc) is 3.19. The van der Waals surface area contributed by atoms with Gasteiger partial charge < -0.3 is 4.42 Å². The third-order valence-corrected chi connectivity index (χ3v) is 5.36. The zero-order chi connectivity index (χ0) is 25.7. The van der Waals surface area contributed by atoms with Gasteiger partial charge in [0.05, 0.1) is 5.69 Å². The van der Waals surface area contributed by atoms with Crippen LogP contribution in [0.5, 0.6) is 0 Å². The third kappa shape index (κ3) is 3.11. The summed E-state index contributed by atoms with van der Waals surface area (Å²) in [6, 6.07) is 24.8. The van der Waals surface area contributed by atoms with E-state index in [1.165, 1.54) is 6.07 Å². The van der Waals surface area contributed by atoms with Gasteiger partial charge in [-0.05, 0) is 55.5 Å². The van der Waals surface area contributed by atoms with Gasteiger partial charge in [-0.2, -0.15) is 0 Å². The van der Waals surface area contributed by atoms with Crippen molar-refractivity contribution in [3.63, 3.8) is 0 Å². The van der Waals surface area contributed by atoms with Crippen molar-refractivity contribution in [1.82, 2.24) is 4.98 Å². The maximum absolute atomic E-state index is 7.93. The van der Waals surface area contributed by atoms with Crippen molar-refractivity contribution in [3.8, 4) is 33.7 Å². The minimum atomic E-state index is -2.60. The van der Waals surface area contributed by atoms with Crippen LogP contribution < -0.4 is 0 Å². The van der Waals surface area contributed by atoms with Crippen LogP contribution in [0.4, 0.5) is 0 Å². The van der Waals surface area contributed by atoms with Gasteiger partial charge in [-0.15, -0.1) is 0 Å². The minimum Gasteiger partial charge on any atom is -0.455 e. The lowest BCUT2D eigenvalue weighted by molar-refractivity contribution is 0.630. The standard InChI is InChI=1S/C28H23NO/c1-18-14-26(29-17-19(18)2)23-15-24-20(3)27(22-12-8-5-9-13-22)30-28(24)25(16-23)21-10-6-4-7-11-21/h4-17H,1-3H3/i1D3,2D3. The predicted molar refractivity (Wildman–Crippen MR) is 125 cm³/mol. The van der Waals surface area contributed by atoms with Gasteiger partial charge >= 0.3 is 0 Å². The zero-order valence-corrected chi connectivity index (χ0v) is 16.4. The second-order valence-electron chi connectivity index (χ2n) is 7.30. The highest BCUT2D eigenvalue weighted by Crippen LogP contribution is 2.40. The molecule has 0 atom stereocenters. The molecule has 0 fully saturated rings. The van der Waals surface area contributed by atoms with E-state index in [4.69, 9.17) is 12.6 Å². The number of hydrogen-bond acceptors (Lipinski definition) is 2. The molecule has 2 nitrogen and oxygen atoms in total. The first-order chi connectivity index (χ1) is 17.0. The van der Waals surface area contributed by atoms with Crippen molar-refractivity contribution in [2.24, 2.45) is 0 Å². The molecule has 2 heteroatoms. The summed E-state index contributed by atoms with van der Waals surface area (Å²) in [6.07, 6.45) is 1.16.